The number of hydrogen-bond acceptors (Lipinski definition) is 5. The first-order valence-electron chi connectivity index (χ1n) is 8.68. The number of benzene rings is 2. The van der Waals surface area contributed by atoms with Crippen LogP contribution < -0.4 is 10.4 Å². The first kappa shape index (κ1) is 17.5. The average Bonchev–Trinajstić information content (AvgIpc) is 3.00. The van der Waals surface area contributed by atoms with Gasteiger partial charge in [-0.3, -0.25) is 4.72 Å². The molecule has 1 heterocycles. The maximum atomic E-state index is 12.7. The number of tetrazole rings is 1. The Bertz CT molecular complexity index is 1150. The van der Waals surface area contributed by atoms with Gasteiger partial charge in [0.1, 0.15) is 0 Å². The van der Waals surface area contributed by atoms with Gasteiger partial charge in [-0.1, -0.05) is 6.07 Å². The van der Waals surface area contributed by atoms with Crippen LogP contribution in [0.2, 0.25) is 0 Å². The molecule has 0 unspecified atom stereocenters. The van der Waals surface area contributed by atoms with Crippen LogP contribution in [0.3, 0.4) is 0 Å². The van der Waals surface area contributed by atoms with Crippen molar-refractivity contribution < 1.29 is 8.42 Å². The standard InChI is InChI=1S/C18H19N5O3S/c1-22-18(24)23(21-20-22)16-9-7-15(8-10-16)19-27(25,26)17-11-6-13-4-2-3-5-14(13)12-17/h6-12,19H,2-5H2,1H3. The van der Waals surface area contributed by atoms with E-state index in [2.05, 4.69) is 15.1 Å². The van der Waals surface area contributed by atoms with Crippen LogP contribution in [-0.2, 0) is 29.9 Å². The lowest BCUT2D eigenvalue weighted by Gasteiger charge is -2.17. The van der Waals surface area contributed by atoms with Crippen molar-refractivity contribution in [3.8, 4) is 5.69 Å². The highest BCUT2D eigenvalue weighted by atomic mass is 32.2. The van der Waals surface area contributed by atoms with Crippen LogP contribution in [0, 0.1) is 0 Å². The van der Waals surface area contributed by atoms with E-state index in [4.69, 9.17) is 0 Å². The number of fused-ring (bicyclic) bond motifs is 1. The van der Waals surface area contributed by atoms with Crippen molar-refractivity contribution in [1.82, 2.24) is 19.8 Å². The summed E-state index contributed by atoms with van der Waals surface area (Å²) in [4.78, 5) is 12.1. The van der Waals surface area contributed by atoms with Crippen LogP contribution in [0.25, 0.3) is 5.69 Å². The minimum atomic E-state index is -3.68. The Morgan fingerprint density at radius 3 is 2.33 bits per heavy atom. The zero-order valence-corrected chi connectivity index (χ0v) is 15.6. The number of sulfonamides is 1. The molecule has 2 aromatic carbocycles. The van der Waals surface area contributed by atoms with Gasteiger partial charge < -0.3 is 0 Å². The topological polar surface area (TPSA) is 98.9 Å². The predicted octanol–water partition coefficient (Wildman–Crippen LogP) is 1.65. The second-order valence-electron chi connectivity index (χ2n) is 6.59. The fourth-order valence-corrected chi connectivity index (χ4v) is 4.35. The maximum Gasteiger partial charge on any atom is 0.368 e. The van der Waals surface area contributed by atoms with Gasteiger partial charge in [-0.2, -0.15) is 9.36 Å². The number of hydrogen-bond donors (Lipinski definition) is 1. The summed E-state index contributed by atoms with van der Waals surface area (Å²) in [5, 5.41) is 7.41. The molecular formula is C18H19N5O3S. The van der Waals surface area contributed by atoms with Gasteiger partial charge in [0, 0.05) is 12.7 Å². The Morgan fingerprint density at radius 1 is 0.963 bits per heavy atom. The molecule has 1 aliphatic carbocycles. The van der Waals surface area contributed by atoms with Crippen molar-refractivity contribution in [2.75, 3.05) is 4.72 Å². The molecule has 0 radical (unpaired) electrons. The zero-order valence-electron chi connectivity index (χ0n) is 14.8. The minimum Gasteiger partial charge on any atom is -0.280 e. The zero-order chi connectivity index (χ0) is 19.0. The van der Waals surface area contributed by atoms with Crippen LogP contribution in [-0.4, -0.2) is 28.2 Å². The third kappa shape index (κ3) is 3.37. The quantitative estimate of drug-likeness (QED) is 0.736. The average molecular weight is 385 g/mol. The summed E-state index contributed by atoms with van der Waals surface area (Å²) in [7, 11) is -2.17. The van der Waals surface area contributed by atoms with Crippen molar-refractivity contribution in [2.24, 2.45) is 7.05 Å². The third-order valence-electron chi connectivity index (χ3n) is 4.72. The summed E-state index contributed by atoms with van der Waals surface area (Å²) in [6, 6.07) is 11.7. The van der Waals surface area contributed by atoms with Gasteiger partial charge in [-0.05, 0) is 83.6 Å². The molecule has 4 rings (SSSR count). The van der Waals surface area contributed by atoms with E-state index in [0.717, 1.165) is 40.6 Å². The van der Waals surface area contributed by atoms with E-state index < -0.39 is 10.0 Å². The van der Waals surface area contributed by atoms with E-state index in [1.807, 2.05) is 6.07 Å². The summed E-state index contributed by atoms with van der Waals surface area (Å²) in [5.74, 6) is 0. The number of aryl methyl sites for hydroxylation is 3. The largest absolute Gasteiger partial charge is 0.368 e. The Labute approximate surface area is 156 Å². The second-order valence-corrected chi connectivity index (χ2v) is 8.27. The first-order valence-corrected chi connectivity index (χ1v) is 10.2. The van der Waals surface area contributed by atoms with Gasteiger partial charge in [0.2, 0.25) is 0 Å². The predicted molar refractivity (Wildman–Crippen MR) is 100 cm³/mol. The second kappa shape index (κ2) is 6.66. The van der Waals surface area contributed by atoms with E-state index in [0.29, 0.717) is 11.4 Å². The number of nitrogens with zero attached hydrogens (tertiary/aromatic N) is 4. The van der Waals surface area contributed by atoms with Crippen LogP contribution in [0.1, 0.15) is 24.0 Å². The molecule has 0 fully saturated rings. The molecule has 0 aliphatic heterocycles. The molecule has 1 aliphatic rings. The van der Waals surface area contributed by atoms with Gasteiger partial charge in [-0.25, -0.2) is 13.2 Å². The Morgan fingerprint density at radius 2 is 1.67 bits per heavy atom. The summed E-state index contributed by atoms with van der Waals surface area (Å²) < 4.78 is 30.3. The number of anilines is 1. The van der Waals surface area contributed by atoms with Crippen LogP contribution in [0.15, 0.2) is 52.2 Å². The molecule has 3 aromatic rings. The molecule has 140 valence electrons. The lowest BCUT2D eigenvalue weighted by Crippen LogP contribution is -2.21. The summed E-state index contributed by atoms with van der Waals surface area (Å²) in [6.07, 6.45) is 4.16. The first-order chi connectivity index (χ1) is 12.9. The third-order valence-corrected chi connectivity index (χ3v) is 6.09. The fraction of sp³-hybridized carbons (Fsp3) is 0.278. The molecule has 27 heavy (non-hydrogen) atoms. The SMILES string of the molecule is Cn1nnn(-c2ccc(NS(=O)(=O)c3ccc4c(c3)CCCC4)cc2)c1=O. The molecule has 9 heteroatoms. The maximum absolute atomic E-state index is 12.7. The molecule has 0 amide bonds. The molecule has 8 nitrogen and oxygen atoms in total. The van der Waals surface area contributed by atoms with Gasteiger partial charge >= 0.3 is 5.69 Å². The minimum absolute atomic E-state index is 0.261. The lowest BCUT2D eigenvalue weighted by atomic mass is 9.92. The molecule has 0 atom stereocenters. The van der Waals surface area contributed by atoms with Crippen molar-refractivity contribution in [2.45, 2.75) is 30.6 Å². The number of rotatable bonds is 4. The van der Waals surface area contributed by atoms with Crippen LogP contribution in [0.5, 0.6) is 0 Å². The summed E-state index contributed by atoms with van der Waals surface area (Å²) >= 11 is 0. The molecule has 1 N–H and O–H groups in total. The van der Waals surface area contributed by atoms with Gasteiger partial charge in [0.15, 0.2) is 0 Å². The highest BCUT2D eigenvalue weighted by Gasteiger charge is 2.18. The van der Waals surface area contributed by atoms with E-state index >= 15 is 0 Å². The van der Waals surface area contributed by atoms with E-state index in [1.165, 1.54) is 12.6 Å². The molecule has 0 saturated heterocycles. The van der Waals surface area contributed by atoms with Crippen molar-refractivity contribution in [1.29, 1.82) is 0 Å². The summed E-state index contributed by atoms with van der Waals surface area (Å²) in [6.45, 7) is 0. The van der Waals surface area contributed by atoms with Gasteiger partial charge in [0.25, 0.3) is 10.0 Å². The summed E-state index contributed by atoms with van der Waals surface area (Å²) in [5.41, 5.74) is 2.89. The van der Waals surface area contributed by atoms with Crippen LogP contribution in [0.4, 0.5) is 5.69 Å². The lowest BCUT2D eigenvalue weighted by molar-refractivity contribution is 0.600. The molecular weight excluding hydrogens is 366 g/mol. The van der Waals surface area contributed by atoms with E-state index in [-0.39, 0.29) is 10.6 Å². The fourth-order valence-electron chi connectivity index (χ4n) is 3.24. The highest BCUT2D eigenvalue weighted by Crippen LogP contribution is 2.25. The monoisotopic (exact) mass is 385 g/mol. The van der Waals surface area contributed by atoms with Crippen molar-refractivity contribution in [3.05, 3.63) is 64.1 Å². The van der Waals surface area contributed by atoms with E-state index in [1.54, 1.807) is 36.4 Å². The Kier molecular flexibility index (Phi) is 4.31. The Balaban J connectivity index is 1.58. The Hall–Kier alpha value is -2.94. The van der Waals surface area contributed by atoms with Gasteiger partial charge in [0.05, 0.1) is 10.6 Å². The highest BCUT2D eigenvalue weighted by molar-refractivity contribution is 7.92. The molecule has 0 saturated carbocycles. The van der Waals surface area contributed by atoms with Crippen molar-refractivity contribution in [3.63, 3.8) is 0 Å². The number of aromatic nitrogens is 4. The smallest absolute Gasteiger partial charge is 0.280 e. The van der Waals surface area contributed by atoms with Gasteiger partial charge in [-0.15, -0.1) is 0 Å². The van der Waals surface area contributed by atoms with E-state index in [9.17, 15) is 13.2 Å². The van der Waals surface area contributed by atoms with Crippen LogP contribution >= 0.6 is 0 Å². The number of nitrogens with one attached hydrogen (secondary N) is 1. The van der Waals surface area contributed by atoms with Crippen molar-refractivity contribution >= 4 is 15.7 Å². The molecule has 1 aromatic heterocycles. The molecule has 0 spiro atoms. The molecule has 0 bridgehead atoms. The normalized spacial score (nSPS) is 14.0.